The van der Waals surface area contributed by atoms with Gasteiger partial charge in [-0.15, -0.1) is 0 Å². The first kappa shape index (κ1) is 21.4. The maximum atomic E-state index is 12.8. The Morgan fingerprint density at radius 2 is 1.87 bits per heavy atom. The normalized spacial score (nSPS) is 16.9. The van der Waals surface area contributed by atoms with Gasteiger partial charge in [0, 0.05) is 22.9 Å². The van der Waals surface area contributed by atoms with Crippen LogP contribution in [0, 0.1) is 0 Å². The lowest BCUT2D eigenvalue weighted by atomic mass is 9.95. The average Bonchev–Trinajstić information content (AvgIpc) is 2.72. The van der Waals surface area contributed by atoms with Gasteiger partial charge < -0.3 is 11.1 Å². The number of nitrogens with two attached hydrogens (primary N) is 1. The quantitative estimate of drug-likeness (QED) is 0.703. The molecule has 0 bridgehead atoms. The van der Waals surface area contributed by atoms with Crippen molar-refractivity contribution in [3.8, 4) is 0 Å². The number of carbonyl (C=O) groups excluding carboxylic acids is 1. The van der Waals surface area contributed by atoms with Crippen molar-refractivity contribution in [1.29, 1.82) is 0 Å². The smallest absolute Gasteiger partial charge is 0.378 e. The van der Waals surface area contributed by atoms with Crippen molar-refractivity contribution in [3.63, 3.8) is 0 Å². The Kier molecular flexibility index (Phi) is 6.45. The molecular formula is C24H23F3N2O. The molecule has 1 aliphatic carbocycles. The Morgan fingerprint density at radius 1 is 1.17 bits per heavy atom. The largest absolute Gasteiger partial charge is 0.416 e. The Balaban J connectivity index is 1.81. The maximum absolute atomic E-state index is 12.8. The number of alkyl halides is 3. The standard InChI is InChI=1S/C24H23F3N2O/c1-2-22(29-20-8-5-7-18(15-20)23(28)30)21-9-4-3-6-17(21)14-16-10-12-19(13-11-16)24(25,26)27/h2-7,9-13,15,20,29H,8,14H2,1H3,(H2,28,30)/b22-2-. The minimum absolute atomic E-state index is 0.0807. The van der Waals surface area contributed by atoms with E-state index in [4.69, 9.17) is 5.73 Å². The van der Waals surface area contributed by atoms with Gasteiger partial charge in [0.2, 0.25) is 5.91 Å². The van der Waals surface area contributed by atoms with Gasteiger partial charge in [-0.2, -0.15) is 13.2 Å². The summed E-state index contributed by atoms with van der Waals surface area (Å²) in [5, 5.41) is 3.44. The summed E-state index contributed by atoms with van der Waals surface area (Å²) in [4.78, 5) is 11.5. The molecule has 1 amide bonds. The summed E-state index contributed by atoms with van der Waals surface area (Å²) < 4.78 is 38.4. The Labute approximate surface area is 173 Å². The number of rotatable bonds is 6. The maximum Gasteiger partial charge on any atom is 0.416 e. The van der Waals surface area contributed by atoms with E-state index >= 15 is 0 Å². The highest BCUT2D eigenvalue weighted by Gasteiger charge is 2.29. The third-order valence-electron chi connectivity index (χ3n) is 4.97. The van der Waals surface area contributed by atoms with Crippen LogP contribution in [0.2, 0.25) is 0 Å². The fourth-order valence-corrected chi connectivity index (χ4v) is 3.43. The van der Waals surface area contributed by atoms with E-state index in [1.54, 1.807) is 6.08 Å². The second-order valence-corrected chi connectivity index (χ2v) is 7.11. The summed E-state index contributed by atoms with van der Waals surface area (Å²) in [5.41, 5.74) is 8.82. The van der Waals surface area contributed by atoms with Crippen LogP contribution in [0.25, 0.3) is 5.70 Å². The van der Waals surface area contributed by atoms with Gasteiger partial charge in [0.1, 0.15) is 0 Å². The predicted molar refractivity (Wildman–Crippen MR) is 112 cm³/mol. The molecule has 0 fully saturated rings. The Bertz CT molecular complexity index is 1000. The van der Waals surface area contributed by atoms with E-state index in [1.807, 2.05) is 49.4 Å². The highest BCUT2D eigenvalue weighted by Crippen LogP contribution is 2.30. The van der Waals surface area contributed by atoms with Crippen molar-refractivity contribution >= 4 is 11.6 Å². The van der Waals surface area contributed by atoms with Crippen LogP contribution >= 0.6 is 0 Å². The first-order chi connectivity index (χ1) is 14.3. The van der Waals surface area contributed by atoms with Crippen LogP contribution in [0.5, 0.6) is 0 Å². The van der Waals surface area contributed by atoms with Gasteiger partial charge >= 0.3 is 6.18 Å². The fourth-order valence-electron chi connectivity index (χ4n) is 3.43. The molecule has 0 saturated heterocycles. The van der Waals surface area contributed by atoms with E-state index in [0.29, 0.717) is 12.0 Å². The van der Waals surface area contributed by atoms with Crippen molar-refractivity contribution in [3.05, 3.63) is 101 Å². The molecule has 30 heavy (non-hydrogen) atoms. The summed E-state index contributed by atoms with van der Waals surface area (Å²) in [6, 6.07) is 12.9. The third kappa shape index (κ3) is 5.20. The summed E-state index contributed by atoms with van der Waals surface area (Å²) in [5.74, 6) is -0.470. The molecule has 3 nitrogen and oxygen atoms in total. The van der Waals surface area contributed by atoms with Gasteiger partial charge in [-0.05, 0) is 49.1 Å². The van der Waals surface area contributed by atoms with Crippen molar-refractivity contribution in [2.45, 2.75) is 32.0 Å². The molecule has 0 saturated carbocycles. The first-order valence-electron chi connectivity index (χ1n) is 9.63. The third-order valence-corrected chi connectivity index (χ3v) is 4.97. The SMILES string of the molecule is C/C=C(\NC1C=C(C(N)=O)C=CC1)c1ccccc1Cc1ccc(C(F)(F)F)cc1. The van der Waals surface area contributed by atoms with Gasteiger partial charge in [0.05, 0.1) is 5.56 Å². The van der Waals surface area contributed by atoms with Crippen LogP contribution < -0.4 is 11.1 Å². The zero-order valence-electron chi connectivity index (χ0n) is 16.5. The molecule has 0 heterocycles. The zero-order chi connectivity index (χ0) is 21.7. The topological polar surface area (TPSA) is 55.1 Å². The van der Waals surface area contributed by atoms with Crippen LogP contribution in [-0.2, 0) is 17.4 Å². The summed E-state index contributed by atoms with van der Waals surface area (Å²) in [6.45, 7) is 1.91. The lowest BCUT2D eigenvalue weighted by Crippen LogP contribution is -2.29. The van der Waals surface area contributed by atoms with Crippen LogP contribution in [0.1, 0.15) is 35.6 Å². The summed E-state index contributed by atoms with van der Waals surface area (Å²) in [7, 11) is 0. The number of allylic oxidation sites excluding steroid dienone is 1. The van der Waals surface area contributed by atoms with Gasteiger partial charge in [-0.25, -0.2) is 0 Å². The number of benzene rings is 2. The lowest BCUT2D eigenvalue weighted by molar-refractivity contribution is -0.137. The molecule has 3 rings (SSSR count). The molecule has 1 aliphatic rings. The molecule has 156 valence electrons. The summed E-state index contributed by atoms with van der Waals surface area (Å²) >= 11 is 0. The van der Waals surface area contributed by atoms with Crippen molar-refractivity contribution in [1.82, 2.24) is 5.32 Å². The van der Waals surface area contributed by atoms with E-state index in [9.17, 15) is 18.0 Å². The molecule has 0 radical (unpaired) electrons. The van der Waals surface area contributed by atoms with Crippen molar-refractivity contribution in [2.24, 2.45) is 5.73 Å². The number of carbonyl (C=O) groups is 1. The van der Waals surface area contributed by atoms with E-state index < -0.39 is 17.6 Å². The van der Waals surface area contributed by atoms with Gasteiger partial charge in [-0.1, -0.05) is 54.6 Å². The van der Waals surface area contributed by atoms with Crippen molar-refractivity contribution < 1.29 is 18.0 Å². The number of primary amides is 1. The average molecular weight is 412 g/mol. The summed E-state index contributed by atoms with van der Waals surface area (Å²) in [6.07, 6.45) is 4.25. The van der Waals surface area contributed by atoms with E-state index in [-0.39, 0.29) is 6.04 Å². The highest BCUT2D eigenvalue weighted by molar-refractivity contribution is 5.95. The monoisotopic (exact) mass is 412 g/mol. The van der Waals surface area contributed by atoms with Gasteiger partial charge in [0.15, 0.2) is 0 Å². The number of amides is 1. The van der Waals surface area contributed by atoms with E-state index in [2.05, 4.69) is 5.32 Å². The first-order valence-corrected chi connectivity index (χ1v) is 9.63. The lowest BCUT2D eigenvalue weighted by Gasteiger charge is -2.22. The molecule has 3 N–H and O–H groups in total. The van der Waals surface area contributed by atoms with Crippen LogP contribution in [0.3, 0.4) is 0 Å². The van der Waals surface area contributed by atoms with Gasteiger partial charge in [-0.3, -0.25) is 4.79 Å². The number of hydrogen-bond donors (Lipinski definition) is 2. The van der Waals surface area contributed by atoms with Crippen LogP contribution in [-0.4, -0.2) is 11.9 Å². The Morgan fingerprint density at radius 3 is 2.50 bits per heavy atom. The highest BCUT2D eigenvalue weighted by atomic mass is 19.4. The second-order valence-electron chi connectivity index (χ2n) is 7.11. The molecule has 1 unspecified atom stereocenters. The van der Waals surface area contributed by atoms with Crippen LogP contribution in [0.4, 0.5) is 13.2 Å². The zero-order valence-corrected chi connectivity index (χ0v) is 16.5. The molecule has 2 aromatic rings. The minimum Gasteiger partial charge on any atom is -0.378 e. The molecule has 2 aromatic carbocycles. The molecule has 1 atom stereocenters. The van der Waals surface area contributed by atoms with Crippen molar-refractivity contribution in [2.75, 3.05) is 0 Å². The predicted octanol–water partition coefficient (Wildman–Crippen LogP) is 4.99. The Hall–Kier alpha value is -3.28. The van der Waals surface area contributed by atoms with E-state index in [1.165, 1.54) is 12.1 Å². The minimum atomic E-state index is -4.34. The van der Waals surface area contributed by atoms with E-state index in [0.717, 1.165) is 40.9 Å². The number of halogens is 3. The molecule has 0 aromatic heterocycles. The molecule has 0 aliphatic heterocycles. The van der Waals surface area contributed by atoms with Crippen LogP contribution in [0.15, 0.2) is 78.4 Å². The fraction of sp³-hybridized carbons (Fsp3) is 0.208. The second kappa shape index (κ2) is 9.03. The number of hydrogen-bond acceptors (Lipinski definition) is 2. The molecular weight excluding hydrogens is 389 g/mol. The molecule has 0 spiro atoms. The van der Waals surface area contributed by atoms with Gasteiger partial charge in [0.25, 0.3) is 0 Å². The molecule has 6 heteroatoms. The number of nitrogens with one attached hydrogen (secondary N) is 1.